The quantitative estimate of drug-likeness (QED) is 0.827. The fourth-order valence-corrected chi connectivity index (χ4v) is 2.50. The fourth-order valence-electron chi connectivity index (χ4n) is 2.50. The molecule has 0 aliphatic heterocycles. The van der Waals surface area contributed by atoms with Gasteiger partial charge in [-0.2, -0.15) is 0 Å². The van der Waals surface area contributed by atoms with Crippen LogP contribution < -0.4 is 14.8 Å². The van der Waals surface area contributed by atoms with E-state index in [0.29, 0.717) is 23.6 Å². The maximum absolute atomic E-state index is 12.3. The van der Waals surface area contributed by atoms with Gasteiger partial charge in [0.15, 0.2) is 11.5 Å². The molecule has 0 fully saturated rings. The number of nitrogens with one attached hydrogen (secondary N) is 1. The molecule has 0 aliphatic rings. The second kappa shape index (κ2) is 8.89. The van der Waals surface area contributed by atoms with E-state index in [0.717, 1.165) is 11.1 Å². The summed E-state index contributed by atoms with van der Waals surface area (Å²) >= 11 is 0. The maximum atomic E-state index is 12.3. The van der Waals surface area contributed by atoms with Gasteiger partial charge in [0, 0.05) is 19.2 Å². The van der Waals surface area contributed by atoms with Crippen LogP contribution in [0.1, 0.15) is 21.5 Å². The number of hydrogen-bond acceptors (Lipinski definition) is 4. The van der Waals surface area contributed by atoms with E-state index in [4.69, 9.17) is 9.47 Å². The van der Waals surface area contributed by atoms with Crippen LogP contribution in [0.15, 0.2) is 42.5 Å². The van der Waals surface area contributed by atoms with E-state index in [1.54, 1.807) is 30.1 Å². The molecule has 1 N–H and O–H groups in total. The van der Waals surface area contributed by atoms with Crippen LogP contribution in [-0.2, 0) is 11.3 Å². The molecule has 0 radical (unpaired) electrons. The fraction of sp³-hybridized carbons (Fsp3) is 0.300. The lowest BCUT2D eigenvalue weighted by Crippen LogP contribution is -2.37. The van der Waals surface area contributed by atoms with Crippen molar-refractivity contribution in [3.63, 3.8) is 0 Å². The average Bonchev–Trinajstić information content (AvgIpc) is 2.66. The minimum atomic E-state index is -0.344. The molecule has 6 nitrogen and oxygen atoms in total. The van der Waals surface area contributed by atoms with Crippen molar-refractivity contribution in [3.05, 3.63) is 59.2 Å². The Kier molecular flexibility index (Phi) is 6.60. The van der Waals surface area contributed by atoms with E-state index in [1.165, 1.54) is 14.2 Å². The van der Waals surface area contributed by atoms with E-state index >= 15 is 0 Å². The first-order valence-corrected chi connectivity index (χ1v) is 8.25. The lowest BCUT2D eigenvalue weighted by atomic mass is 10.1. The number of amides is 2. The van der Waals surface area contributed by atoms with Crippen molar-refractivity contribution in [1.29, 1.82) is 0 Å². The molecule has 0 aromatic heterocycles. The number of carbonyl (C=O) groups is 2. The summed E-state index contributed by atoms with van der Waals surface area (Å²) in [4.78, 5) is 26.2. The molecule has 0 spiro atoms. The van der Waals surface area contributed by atoms with Crippen molar-refractivity contribution in [3.8, 4) is 11.5 Å². The number of nitrogens with zero attached hydrogens (tertiary/aromatic N) is 1. The number of carbonyl (C=O) groups excluding carboxylic acids is 2. The molecule has 6 heteroatoms. The first-order chi connectivity index (χ1) is 12.5. The molecular formula is C20H24N2O4. The van der Waals surface area contributed by atoms with Gasteiger partial charge in [0.2, 0.25) is 5.91 Å². The first kappa shape index (κ1) is 19.3. The molecule has 26 heavy (non-hydrogen) atoms. The highest BCUT2D eigenvalue weighted by Crippen LogP contribution is 2.27. The highest BCUT2D eigenvalue weighted by molar-refractivity contribution is 5.97. The highest BCUT2D eigenvalue weighted by Gasteiger charge is 2.14. The number of aryl methyl sites for hydroxylation is 1. The molecule has 0 atom stereocenters. The van der Waals surface area contributed by atoms with Crippen LogP contribution in [0.4, 0.5) is 0 Å². The second-order valence-corrected chi connectivity index (χ2v) is 5.93. The van der Waals surface area contributed by atoms with Crippen LogP contribution in [0.25, 0.3) is 0 Å². The molecule has 0 saturated carbocycles. The monoisotopic (exact) mass is 356 g/mol. The van der Waals surface area contributed by atoms with Crippen LogP contribution in [0, 0.1) is 6.92 Å². The van der Waals surface area contributed by atoms with Gasteiger partial charge in [-0.3, -0.25) is 9.59 Å². The van der Waals surface area contributed by atoms with Gasteiger partial charge in [0.05, 0.1) is 20.8 Å². The summed E-state index contributed by atoms with van der Waals surface area (Å²) in [5.74, 6) is 0.493. The summed E-state index contributed by atoms with van der Waals surface area (Å²) in [5.41, 5.74) is 2.60. The molecule has 2 aromatic carbocycles. The molecular weight excluding hydrogens is 332 g/mol. The van der Waals surface area contributed by atoms with Crippen LogP contribution in [0.5, 0.6) is 11.5 Å². The molecule has 0 heterocycles. The number of ether oxygens (including phenoxy) is 2. The Morgan fingerprint density at radius 3 is 2.38 bits per heavy atom. The van der Waals surface area contributed by atoms with Crippen LogP contribution >= 0.6 is 0 Å². The third-order valence-electron chi connectivity index (χ3n) is 4.14. The van der Waals surface area contributed by atoms with Gasteiger partial charge < -0.3 is 19.7 Å². The Balaban J connectivity index is 1.94. The molecule has 0 bridgehead atoms. The van der Waals surface area contributed by atoms with Gasteiger partial charge in [-0.1, -0.05) is 24.3 Å². The van der Waals surface area contributed by atoms with Crippen molar-refractivity contribution in [1.82, 2.24) is 10.2 Å². The zero-order valence-corrected chi connectivity index (χ0v) is 15.5. The second-order valence-electron chi connectivity index (χ2n) is 5.93. The van der Waals surface area contributed by atoms with Crippen molar-refractivity contribution < 1.29 is 19.1 Å². The lowest BCUT2D eigenvalue weighted by Gasteiger charge is -2.19. The standard InChI is InChI=1S/C20H24N2O4/c1-14-7-5-6-8-16(14)13-22(2)19(23)12-21-20(24)15-9-10-17(25-3)18(11-15)26-4/h5-11H,12-13H2,1-4H3,(H,21,24). The number of benzene rings is 2. The zero-order chi connectivity index (χ0) is 19.1. The number of methoxy groups -OCH3 is 2. The molecule has 2 rings (SSSR count). The van der Waals surface area contributed by atoms with Crippen molar-refractivity contribution in [2.24, 2.45) is 0 Å². The van der Waals surface area contributed by atoms with Gasteiger partial charge in [-0.25, -0.2) is 0 Å². The number of likely N-dealkylation sites (N-methyl/N-ethyl adjacent to an activating group) is 1. The Bertz CT molecular complexity index is 789. The van der Waals surface area contributed by atoms with Gasteiger partial charge in [-0.05, 0) is 36.2 Å². The molecule has 2 aromatic rings. The minimum absolute atomic E-state index is 0.0738. The zero-order valence-electron chi connectivity index (χ0n) is 15.5. The Morgan fingerprint density at radius 2 is 1.73 bits per heavy atom. The van der Waals surface area contributed by atoms with Gasteiger partial charge in [0.1, 0.15) is 0 Å². The van der Waals surface area contributed by atoms with Gasteiger partial charge >= 0.3 is 0 Å². The molecule has 2 amide bonds. The largest absolute Gasteiger partial charge is 0.493 e. The predicted octanol–water partition coefficient (Wildman–Crippen LogP) is 2.40. The van der Waals surface area contributed by atoms with Crippen molar-refractivity contribution in [2.45, 2.75) is 13.5 Å². The summed E-state index contributed by atoms with van der Waals surface area (Å²) in [6, 6.07) is 12.8. The number of rotatable bonds is 7. The van der Waals surface area contributed by atoms with Crippen molar-refractivity contribution in [2.75, 3.05) is 27.8 Å². The third kappa shape index (κ3) is 4.75. The van der Waals surface area contributed by atoms with Gasteiger partial charge in [0.25, 0.3) is 5.91 Å². The topological polar surface area (TPSA) is 67.9 Å². The van der Waals surface area contributed by atoms with Crippen LogP contribution in [0.3, 0.4) is 0 Å². The summed E-state index contributed by atoms with van der Waals surface area (Å²) in [5, 5.41) is 2.64. The van der Waals surface area contributed by atoms with E-state index in [-0.39, 0.29) is 18.4 Å². The first-order valence-electron chi connectivity index (χ1n) is 8.25. The smallest absolute Gasteiger partial charge is 0.251 e. The van der Waals surface area contributed by atoms with E-state index < -0.39 is 0 Å². The highest BCUT2D eigenvalue weighted by atomic mass is 16.5. The summed E-state index contributed by atoms with van der Waals surface area (Å²) in [7, 11) is 4.75. The summed E-state index contributed by atoms with van der Waals surface area (Å²) in [6.07, 6.45) is 0. The number of hydrogen-bond donors (Lipinski definition) is 1. The Labute approximate surface area is 153 Å². The normalized spacial score (nSPS) is 10.2. The third-order valence-corrected chi connectivity index (χ3v) is 4.14. The predicted molar refractivity (Wildman–Crippen MR) is 99.5 cm³/mol. The van der Waals surface area contributed by atoms with Crippen molar-refractivity contribution >= 4 is 11.8 Å². The maximum Gasteiger partial charge on any atom is 0.251 e. The van der Waals surface area contributed by atoms with Gasteiger partial charge in [-0.15, -0.1) is 0 Å². The van der Waals surface area contributed by atoms with E-state index in [2.05, 4.69) is 5.32 Å². The summed E-state index contributed by atoms with van der Waals surface area (Å²) < 4.78 is 10.3. The molecule has 138 valence electrons. The van der Waals surface area contributed by atoms with E-state index in [1.807, 2.05) is 31.2 Å². The lowest BCUT2D eigenvalue weighted by molar-refractivity contribution is -0.129. The minimum Gasteiger partial charge on any atom is -0.493 e. The molecule has 0 saturated heterocycles. The van der Waals surface area contributed by atoms with Crippen LogP contribution in [-0.4, -0.2) is 44.5 Å². The SMILES string of the molecule is COc1ccc(C(=O)NCC(=O)N(C)Cc2ccccc2C)cc1OC. The van der Waals surface area contributed by atoms with E-state index in [9.17, 15) is 9.59 Å². The van der Waals surface area contributed by atoms with Crippen LogP contribution in [0.2, 0.25) is 0 Å². The molecule has 0 aliphatic carbocycles. The average molecular weight is 356 g/mol. The Hall–Kier alpha value is -3.02. The Morgan fingerprint density at radius 1 is 1.04 bits per heavy atom. The summed E-state index contributed by atoms with van der Waals surface area (Å²) in [6.45, 7) is 2.43. The molecule has 0 unspecified atom stereocenters.